The fraction of sp³-hybridized carbons (Fsp3) is 0.500. The van der Waals surface area contributed by atoms with Gasteiger partial charge < -0.3 is 9.84 Å². The highest BCUT2D eigenvalue weighted by atomic mass is 16.5. The fourth-order valence-corrected chi connectivity index (χ4v) is 3.15. The molecule has 0 aliphatic heterocycles. The Bertz CT molecular complexity index is 676. The Balaban J connectivity index is 2.64. The number of methoxy groups -OCH3 is 1. The molecule has 1 unspecified atom stereocenters. The lowest BCUT2D eigenvalue weighted by Gasteiger charge is -2.18. The van der Waals surface area contributed by atoms with Crippen LogP contribution in [0, 0.1) is 6.92 Å². The average molecular weight is 328 g/mol. The van der Waals surface area contributed by atoms with Gasteiger partial charge in [-0.2, -0.15) is 4.98 Å². The third-order valence-corrected chi connectivity index (χ3v) is 4.41. The summed E-state index contributed by atoms with van der Waals surface area (Å²) in [7, 11) is 1.60. The van der Waals surface area contributed by atoms with E-state index in [0.717, 1.165) is 30.5 Å². The number of benzene rings is 1. The van der Waals surface area contributed by atoms with Crippen molar-refractivity contribution in [2.75, 3.05) is 7.11 Å². The molecule has 0 fully saturated rings. The van der Waals surface area contributed by atoms with E-state index in [9.17, 15) is 5.11 Å². The number of nitrogens with zero attached hydrogens (tertiary/aromatic N) is 2. The first-order valence-electron chi connectivity index (χ1n) is 8.78. The van der Waals surface area contributed by atoms with Gasteiger partial charge >= 0.3 is 0 Å². The quantitative estimate of drug-likeness (QED) is 0.817. The van der Waals surface area contributed by atoms with Crippen molar-refractivity contribution < 1.29 is 9.84 Å². The van der Waals surface area contributed by atoms with Gasteiger partial charge in [0.25, 0.3) is 0 Å². The van der Waals surface area contributed by atoms with Crippen LogP contribution in [0.2, 0.25) is 0 Å². The lowest BCUT2D eigenvalue weighted by atomic mass is 9.96. The molecule has 24 heavy (non-hydrogen) atoms. The van der Waals surface area contributed by atoms with Gasteiger partial charge in [0, 0.05) is 5.56 Å². The molecule has 130 valence electrons. The zero-order valence-corrected chi connectivity index (χ0v) is 15.4. The second-order valence-electron chi connectivity index (χ2n) is 6.02. The molecular weight excluding hydrogens is 300 g/mol. The van der Waals surface area contributed by atoms with Crippen molar-refractivity contribution >= 4 is 0 Å². The summed E-state index contributed by atoms with van der Waals surface area (Å²) in [6.07, 6.45) is 2.82. The van der Waals surface area contributed by atoms with Crippen LogP contribution < -0.4 is 4.74 Å². The van der Waals surface area contributed by atoms with Crippen LogP contribution in [0.1, 0.15) is 62.1 Å². The summed E-state index contributed by atoms with van der Waals surface area (Å²) in [5, 5.41) is 10.4. The van der Waals surface area contributed by atoms with Crippen molar-refractivity contribution in [3.8, 4) is 17.3 Å². The maximum atomic E-state index is 10.4. The highest BCUT2D eigenvalue weighted by Crippen LogP contribution is 2.33. The molecule has 1 aromatic heterocycles. The fourth-order valence-electron chi connectivity index (χ4n) is 3.15. The summed E-state index contributed by atoms with van der Waals surface area (Å²) in [5.74, 6) is 1.16. The Morgan fingerprint density at radius 3 is 2.21 bits per heavy atom. The van der Waals surface area contributed by atoms with Crippen LogP contribution in [-0.4, -0.2) is 22.2 Å². The van der Waals surface area contributed by atoms with E-state index in [1.54, 1.807) is 7.11 Å². The summed E-state index contributed by atoms with van der Waals surface area (Å²) in [6, 6.07) is 6.34. The van der Waals surface area contributed by atoms with Gasteiger partial charge in [-0.3, -0.25) is 0 Å². The molecule has 0 amide bonds. The van der Waals surface area contributed by atoms with Crippen molar-refractivity contribution in [2.45, 2.75) is 59.5 Å². The first kappa shape index (κ1) is 18.4. The van der Waals surface area contributed by atoms with Crippen LogP contribution >= 0.6 is 0 Å². The number of ether oxygens (including phenoxy) is 1. The van der Waals surface area contributed by atoms with Gasteiger partial charge in [-0.15, -0.1) is 0 Å². The normalized spacial score (nSPS) is 12.2. The molecule has 4 heteroatoms. The molecule has 2 aromatic rings. The van der Waals surface area contributed by atoms with E-state index in [1.807, 2.05) is 13.8 Å². The second kappa shape index (κ2) is 8.25. The van der Waals surface area contributed by atoms with Gasteiger partial charge in [0.15, 0.2) is 5.82 Å². The van der Waals surface area contributed by atoms with Crippen LogP contribution in [0.25, 0.3) is 11.4 Å². The van der Waals surface area contributed by atoms with Crippen LogP contribution in [0.3, 0.4) is 0 Å². The second-order valence-corrected chi connectivity index (χ2v) is 6.02. The number of aryl methyl sites for hydroxylation is 3. The summed E-state index contributed by atoms with van der Waals surface area (Å²) in [5.41, 5.74) is 5.05. The molecular formula is C20H28N2O2. The summed E-state index contributed by atoms with van der Waals surface area (Å²) >= 11 is 0. The number of aromatic nitrogens is 2. The number of rotatable bonds is 7. The average Bonchev–Trinajstić information content (AvgIpc) is 2.60. The molecule has 0 saturated heterocycles. The SMILES string of the molecule is CCCC(O)c1c(C)nc(-c2c(CC)cccc2CC)nc1OC. The van der Waals surface area contributed by atoms with Crippen LogP contribution in [-0.2, 0) is 12.8 Å². The molecule has 0 aliphatic carbocycles. The van der Waals surface area contributed by atoms with Gasteiger partial charge in [0.05, 0.1) is 24.5 Å². The maximum absolute atomic E-state index is 10.4. The molecule has 1 heterocycles. The van der Waals surface area contributed by atoms with Gasteiger partial charge in [-0.05, 0) is 37.3 Å². The number of hydrogen-bond donors (Lipinski definition) is 1. The first-order valence-corrected chi connectivity index (χ1v) is 8.78. The van der Waals surface area contributed by atoms with Crippen molar-refractivity contribution in [3.05, 3.63) is 40.6 Å². The van der Waals surface area contributed by atoms with Gasteiger partial charge in [0.1, 0.15) is 0 Å². The third kappa shape index (κ3) is 3.59. The van der Waals surface area contributed by atoms with E-state index in [0.29, 0.717) is 23.7 Å². The number of aliphatic hydroxyl groups is 1. The molecule has 0 spiro atoms. The Kier molecular flexibility index (Phi) is 6.32. The maximum Gasteiger partial charge on any atom is 0.222 e. The number of aliphatic hydroxyl groups excluding tert-OH is 1. The Morgan fingerprint density at radius 2 is 1.71 bits per heavy atom. The van der Waals surface area contributed by atoms with Crippen LogP contribution in [0.5, 0.6) is 5.88 Å². The minimum atomic E-state index is -0.592. The Morgan fingerprint density at radius 1 is 1.08 bits per heavy atom. The first-order chi connectivity index (χ1) is 11.6. The predicted molar refractivity (Wildman–Crippen MR) is 97.4 cm³/mol. The van der Waals surface area contributed by atoms with Gasteiger partial charge in [0.2, 0.25) is 5.88 Å². The topological polar surface area (TPSA) is 55.2 Å². The van der Waals surface area contributed by atoms with E-state index in [-0.39, 0.29) is 0 Å². The lowest BCUT2D eigenvalue weighted by molar-refractivity contribution is 0.160. The van der Waals surface area contributed by atoms with Crippen molar-refractivity contribution in [2.24, 2.45) is 0 Å². The van der Waals surface area contributed by atoms with E-state index in [2.05, 4.69) is 37.0 Å². The summed E-state index contributed by atoms with van der Waals surface area (Å²) < 4.78 is 5.49. The lowest BCUT2D eigenvalue weighted by Crippen LogP contribution is -2.09. The minimum absolute atomic E-state index is 0.478. The standard InChI is InChI=1S/C20H28N2O2/c1-6-10-16(23)17-13(4)21-19(22-20(17)24-5)18-14(7-2)11-9-12-15(18)8-3/h9,11-12,16,23H,6-8,10H2,1-5H3. The largest absolute Gasteiger partial charge is 0.481 e. The van der Waals surface area contributed by atoms with Crippen molar-refractivity contribution in [3.63, 3.8) is 0 Å². The van der Waals surface area contributed by atoms with E-state index in [4.69, 9.17) is 9.72 Å². The van der Waals surface area contributed by atoms with Crippen molar-refractivity contribution in [1.29, 1.82) is 0 Å². The molecule has 2 rings (SSSR count). The van der Waals surface area contributed by atoms with Crippen molar-refractivity contribution in [1.82, 2.24) is 9.97 Å². The van der Waals surface area contributed by atoms with Crippen LogP contribution in [0.4, 0.5) is 0 Å². The minimum Gasteiger partial charge on any atom is -0.481 e. The summed E-state index contributed by atoms with van der Waals surface area (Å²) in [4.78, 5) is 9.37. The highest BCUT2D eigenvalue weighted by Gasteiger charge is 2.21. The van der Waals surface area contributed by atoms with Gasteiger partial charge in [-0.1, -0.05) is 45.4 Å². The summed E-state index contributed by atoms with van der Waals surface area (Å²) in [6.45, 7) is 8.25. The third-order valence-electron chi connectivity index (χ3n) is 4.41. The monoisotopic (exact) mass is 328 g/mol. The molecule has 0 bridgehead atoms. The molecule has 4 nitrogen and oxygen atoms in total. The molecule has 1 aromatic carbocycles. The Hall–Kier alpha value is -1.94. The van der Waals surface area contributed by atoms with E-state index >= 15 is 0 Å². The predicted octanol–water partition coefficient (Wildman–Crippen LogP) is 4.42. The zero-order valence-electron chi connectivity index (χ0n) is 15.4. The highest BCUT2D eigenvalue weighted by molar-refractivity contribution is 5.66. The van der Waals surface area contributed by atoms with Crippen LogP contribution in [0.15, 0.2) is 18.2 Å². The molecule has 0 saturated carbocycles. The van der Waals surface area contributed by atoms with Gasteiger partial charge in [-0.25, -0.2) is 4.98 Å². The molecule has 1 N–H and O–H groups in total. The molecule has 0 aliphatic rings. The molecule has 0 radical (unpaired) electrons. The van der Waals surface area contributed by atoms with E-state index in [1.165, 1.54) is 11.1 Å². The Labute approximate surface area is 144 Å². The molecule has 1 atom stereocenters. The zero-order chi connectivity index (χ0) is 17.7. The smallest absolute Gasteiger partial charge is 0.222 e. The number of hydrogen-bond acceptors (Lipinski definition) is 4. The van der Waals surface area contributed by atoms with E-state index < -0.39 is 6.10 Å².